The van der Waals surface area contributed by atoms with Crippen molar-refractivity contribution in [3.63, 3.8) is 0 Å². The molecule has 17 heteroatoms. The summed E-state index contributed by atoms with van der Waals surface area (Å²) in [5, 5.41) is 10.6. The maximum Gasteiger partial charge on any atom is 0.481 e. The van der Waals surface area contributed by atoms with Gasteiger partial charge in [0.15, 0.2) is 0 Å². The van der Waals surface area contributed by atoms with E-state index in [0.29, 0.717) is 12.3 Å². The molecule has 4 fully saturated rings. The minimum absolute atomic E-state index is 0.0247. The number of amides is 3. The van der Waals surface area contributed by atoms with Crippen molar-refractivity contribution in [3.05, 3.63) is 87.6 Å². The number of anilines is 2. The van der Waals surface area contributed by atoms with Crippen molar-refractivity contribution < 1.29 is 40.8 Å². The van der Waals surface area contributed by atoms with E-state index in [1.165, 1.54) is 25.3 Å². The van der Waals surface area contributed by atoms with Crippen LogP contribution < -0.4 is 26.8 Å². The average Bonchev–Trinajstić information content (AvgIpc) is 3.62. The summed E-state index contributed by atoms with van der Waals surface area (Å²) >= 11 is 0. The summed E-state index contributed by atoms with van der Waals surface area (Å²) in [6.07, 6.45) is -1.41. The second-order valence-electron chi connectivity index (χ2n) is 15.8. The molecule has 2 aromatic carbocycles. The van der Waals surface area contributed by atoms with Crippen molar-refractivity contribution in [2.45, 2.75) is 102 Å². The number of aromatic nitrogens is 2. The lowest BCUT2D eigenvalue weighted by molar-refractivity contribution is -0.199. The normalized spacial score (nSPS) is 28.4. The molecule has 11 nitrogen and oxygen atoms in total. The number of nitrogens with one attached hydrogen (secondary N) is 4. The van der Waals surface area contributed by atoms with Crippen molar-refractivity contribution in [2.24, 2.45) is 17.3 Å². The molecule has 8 rings (SSSR count). The van der Waals surface area contributed by atoms with Crippen molar-refractivity contribution in [2.75, 3.05) is 10.6 Å². The lowest BCUT2D eigenvalue weighted by Crippen LogP contribution is -2.65. The first-order valence-corrected chi connectivity index (χ1v) is 18.0. The predicted molar refractivity (Wildman–Crippen MR) is 189 cm³/mol. The minimum Gasteiger partial charge on any atom is -0.404 e. The molecule has 1 saturated heterocycles. The molecule has 3 aromatic rings. The fourth-order valence-corrected chi connectivity index (χ4v) is 8.95. The fraction of sp³-hybridized carbons (Fsp3) is 0.514. The van der Waals surface area contributed by atoms with Crippen LogP contribution in [0.5, 0.6) is 0 Å². The lowest BCUT2D eigenvalue weighted by atomic mass is 9.43. The highest BCUT2D eigenvalue weighted by Crippen LogP contribution is 2.65. The molecule has 1 aromatic heterocycles. The van der Waals surface area contributed by atoms with Gasteiger partial charge in [0.05, 0.1) is 34.9 Å². The highest BCUT2D eigenvalue weighted by molar-refractivity contribution is 6.47. The van der Waals surface area contributed by atoms with Crippen molar-refractivity contribution >= 4 is 30.4 Å². The summed E-state index contributed by atoms with van der Waals surface area (Å²) in [7, 11) is -0.758. The molecular formula is C37H42BF5N6O5. The zero-order chi connectivity index (χ0) is 39.0. The number of hydrogen-bond donors (Lipinski definition) is 4. The number of alkyl halides is 3. The van der Waals surface area contributed by atoms with E-state index in [4.69, 9.17) is 9.31 Å². The van der Waals surface area contributed by atoms with E-state index >= 15 is 0 Å². The van der Waals surface area contributed by atoms with Crippen LogP contribution in [0, 0.1) is 28.9 Å². The van der Waals surface area contributed by atoms with Gasteiger partial charge < -0.3 is 30.6 Å². The third-order valence-corrected chi connectivity index (χ3v) is 12.1. The summed E-state index contributed by atoms with van der Waals surface area (Å²) in [5.74, 6) is -2.45. The summed E-state index contributed by atoms with van der Waals surface area (Å²) in [5.41, 5.74) is -4.07. The first-order valence-electron chi connectivity index (χ1n) is 18.0. The van der Waals surface area contributed by atoms with E-state index < -0.39 is 76.8 Å². The zero-order valence-electron chi connectivity index (χ0n) is 30.4. The van der Waals surface area contributed by atoms with Crippen LogP contribution in [0.3, 0.4) is 0 Å². The van der Waals surface area contributed by atoms with Gasteiger partial charge in [-0.05, 0) is 80.2 Å². The Hall–Kier alpha value is -4.51. The zero-order valence-corrected chi connectivity index (χ0v) is 30.4. The van der Waals surface area contributed by atoms with E-state index in [1.54, 1.807) is 0 Å². The van der Waals surface area contributed by atoms with E-state index in [0.717, 1.165) is 47.7 Å². The fourth-order valence-electron chi connectivity index (χ4n) is 8.95. The number of benzene rings is 2. The Balaban J connectivity index is 1.16. The number of carbonyl (C=O) groups is 2. The molecule has 5 aliphatic rings. The van der Waals surface area contributed by atoms with Gasteiger partial charge in [0.1, 0.15) is 34.9 Å². The van der Waals surface area contributed by atoms with Gasteiger partial charge in [-0.2, -0.15) is 13.2 Å². The Bertz CT molecular complexity index is 2030. The molecule has 0 spiro atoms. The third kappa shape index (κ3) is 6.42. The van der Waals surface area contributed by atoms with Crippen LogP contribution in [0.15, 0.2) is 53.5 Å². The van der Waals surface area contributed by atoms with Crippen LogP contribution >= 0.6 is 0 Å². The molecule has 3 saturated carbocycles. The number of rotatable bonds is 9. The molecule has 2 bridgehead atoms. The van der Waals surface area contributed by atoms with E-state index in [2.05, 4.69) is 47.0 Å². The molecule has 0 radical (unpaired) electrons. The quantitative estimate of drug-likeness (QED) is 0.149. The molecule has 288 valence electrons. The van der Waals surface area contributed by atoms with Gasteiger partial charge in [0.25, 0.3) is 5.56 Å². The monoisotopic (exact) mass is 756 g/mol. The first kappa shape index (κ1) is 37.8. The van der Waals surface area contributed by atoms with Crippen molar-refractivity contribution in [1.82, 2.24) is 20.2 Å². The van der Waals surface area contributed by atoms with Gasteiger partial charge >= 0.3 is 19.3 Å². The Kier molecular flexibility index (Phi) is 9.35. The van der Waals surface area contributed by atoms with Crippen LogP contribution in [-0.2, 0) is 32.4 Å². The largest absolute Gasteiger partial charge is 0.481 e. The van der Waals surface area contributed by atoms with Gasteiger partial charge in [0, 0.05) is 13.0 Å². The number of hydrogen-bond acceptors (Lipinski definition) is 7. The van der Waals surface area contributed by atoms with Gasteiger partial charge in [-0.15, -0.1) is 0 Å². The smallest absolute Gasteiger partial charge is 0.404 e. The molecular weight excluding hydrogens is 714 g/mol. The average molecular weight is 757 g/mol. The van der Waals surface area contributed by atoms with Crippen LogP contribution in [-0.4, -0.2) is 46.3 Å². The number of fused-ring (bicyclic) bond motifs is 1. The standard InChI is InChI=1S/C37H42BF5N6O5/c1-6-28(38-53-27-15-21-14-26(34(21,2)3)36(27,5)54-38)46-30(50)25-16-35(4,48-33(52)47-29-22(39)11-8-12-23(29)40)32-45-18-24(31(51)49(25)32)44-17-19-9-7-10-20(13-19)37(41,42)43/h7-13,18,21,25-28,44H,6,14-17H2,1-5H3,(H,46,50)(H2,47,48,52)/t21-,25-,26-,27+,28-,35+,36-/m0/s1. The van der Waals surface area contributed by atoms with Crippen LogP contribution in [0.25, 0.3) is 0 Å². The van der Waals surface area contributed by atoms with Gasteiger partial charge in [-0.3, -0.25) is 14.2 Å². The van der Waals surface area contributed by atoms with E-state index in [-0.39, 0.29) is 47.5 Å². The number of nitrogens with zero attached hydrogens (tertiary/aromatic N) is 2. The predicted octanol–water partition coefficient (Wildman–Crippen LogP) is 6.30. The molecule has 54 heavy (non-hydrogen) atoms. The maximum absolute atomic E-state index is 14.4. The summed E-state index contributed by atoms with van der Waals surface area (Å²) in [4.78, 5) is 46.0. The van der Waals surface area contributed by atoms with Crippen LogP contribution in [0.4, 0.5) is 38.1 Å². The Morgan fingerprint density at radius 3 is 2.44 bits per heavy atom. The van der Waals surface area contributed by atoms with Gasteiger partial charge in [0.2, 0.25) is 5.91 Å². The second kappa shape index (κ2) is 13.4. The van der Waals surface area contributed by atoms with Crippen LogP contribution in [0.1, 0.15) is 83.3 Å². The van der Waals surface area contributed by atoms with Crippen molar-refractivity contribution in [1.29, 1.82) is 0 Å². The SMILES string of the molecule is CC[C@H](NC(=O)[C@@H]1C[C@@](C)(NC(=O)Nc2c(F)cccc2F)c2ncc(NCc3cccc(C(F)(F)F)c3)c(=O)n21)B1O[C@@H]2C[C@@H]3C[C@@H](C3(C)C)[C@]2(C)O1. The number of urea groups is 1. The highest BCUT2D eigenvalue weighted by Gasteiger charge is 2.68. The third-order valence-electron chi connectivity index (χ3n) is 12.1. The van der Waals surface area contributed by atoms with Crippen LogP contribution in [0.2, 0.25) is 0 Å². The maximum atomic E-state index is 14.4. The Morgan fingerprint density at radius 1 is 1.07 bits per heavy atom. The first-order chi connectivity index (χ1) is 25.4. The highest BCUT2D eigenvalue weighted by atomic mass is 19.4. The summed E-state index contributed by atoms with van der Waals surface area (Å²) in [6, 6.07) is 5.44. The van der Waals surface area contributed by atoms with E-state index in [9.17, 15) is 36.3 Å². The number of carbonyl (C=O) groups excluding carboxylic acids is 2. The molecule has 2 aliphatic heterocycles. The molecule has 0 unspecified atom stereocenters. The van der Waals surface area contributed by atoms with Crippen molar-refractivity contribution in [3.8, 4) is 0 Å². The lowest BCUT2D eigenvalue weighted by Gasteiger charge is -2.64. The minimum atomic E-state index is -4.56. The van der Waals surface area contributed by atoms with E-state index in [1.807, 2.05) is 6.92 Å². The Morgan fingerprint density at radius 2 is 1.78 bits per heavy atom. The van der Waals surface area contributed by atoms with Gasteiger partial charge in [-0.1, -0.05) is 39.0 Å². The topological polar surface area (TPSA) is 136 Å². The molecule has 3 heterocycles. The molecule has 3 aliphatic carbocycles. The molecule has 3 amide bonds. The number of para-hydroxylation sites is 1. The summed E-state index contributed by atoms with van der Waals surface area (Å²) in [6.45, 7) is 9.77. The van der Waals surface area contributed by atoms with Gasteiger partial charge in [-0.25, -0.2) is 18.6 Å². The molecule has 7 atom stereocenters. The second-order valence-corrected chi connectivity index (χ2v) is 15.8. The molecule has 4 N–H and O–H groups in total. The summed E-state index contributed by atoms with van der Waals surface area (Å²) < 4.78 is 83.0. The number of halogens is 5. The Labute approximate surface area is 308 Å².